The van der Waals surface area contributed by atoms with Gasteiger partial charge >= 0.3 is 5.97 Å². The van der Waals surface area contributed by atoms with E-state index in [2.05, 4.69) is 28.3 Å². The molecule has 0 saturated heterocycles. The fourth-order valence-corrected chi connectivity index (χ4v) is 4.55. The van der Waals surface area contributed by atoms with E-state index in [1.54, 1.807) is 12.1 Å². The van der Waals surface area contributed by atoms with Crippen LogP contribution in [0.15, 0.2) is 30.6 Å². The van der Waals surface area contributed by atoms with Crippen molar-refractivity contribution in [3.63, 3.8) is 0 Å². The van der Waals surface area contributed by atoms with Crippen LogP contribution in [0.25, 0.3) is 10.8 Å². The summed E-state index contributed by atoms with van der Waals surface area (Å²) in [6, 6.07) is 5.62. The van der Waals surface area contributed by atoms with Gasteiger partial charge in [0.1, 0.15) is 17.2 Å². The first-order valence-corrected chi connectivity index (χ1v) is 11.7. The summed E-state index contributed by atoms with van der Waals surface area (Å²) < 4.78 is 11.3. The molecule has 3 aromatic heterocycles. The number of hydrogen-bond donors (Lipinski definition) is 1. The van der Waals surface area contributed by atoms with Gasteiger partial charge in [-0.2, -0.15) is 0 Å². The van der Waals surface area contributed by atoms with Gasteiger partial charge in [0, 0.05) is 18.3 Å². The van der Waals surface area contributed by atoms with Gasteiger partial charge in [-0.25, -0.2) is 19.7 Å². The van der Waals surface area contributed by atoms with Gasteiger partial charge in [0.25, 0.3) is 0 Å². The second-order valence-corrected chi connectivity index (χ2v) is 9.66. The van der Waals surface area contributed by atoms with Gasteiger partial charge in [0.2, 0.25) is 5.88 Å². The van der Waals surface area contributed by atoms with Crippen LogP contribution in [-0.4, -0.2) is 33.1 Å². The Bertz CT molecular complexity index is 1240. The number of pyridine rings is 3. The lowest BCUT2D eigenvalue weighted by molar-refractivity contribution is -0.0189. The maximum absolute atomic E-state index is 12.4. The largest absolute Gasteiger partial charge is 0.477 e. The third-order valence-corrected chi connectivity index (χ3v) is 7.08. The normalized spacial score (nSPS) is 20.2. The van der Waals surface area contributed by atoms with E-state index in [0.717, 1.165) is 16.5 Å². The van der Waals surface area contributed by atoms with Crippen LogP contribution in [0.2, 0.25) is 0 Å². The van der Waals surface area contributed by atoms with Crippen LogP contribution in [-0.2, 0) is 4.74 Å². The van der Waals surface area contributed by atoms with Gasteiger partial charge in [-0.3, -0.25) is 0 Å². The summed E-state index contributed by atoms with van der Waals surface area (Å²) in [5, 5.41) is 5.35. The number of rotatable bonds is 6. The molecular formula is C26H30N4O3. The third kappa shape index (κ3) is 3.90. The second kappa shape index (κ2) is 7.97. The molecule has 2 atom stereocenters. The van der Waals surface area contributed by atoms with Crippen molar-refractivity contribution in [2.45, 2.75) is 64.9 Å². The first-order valence-electron chi connectivity index (χ1n) is 11.7. The van der Waals surface area contributed by atoms with Gasteiger partial charge in [-0.15, -0.1) is 0 Å². The molecule has 7 nitrogen and oxygen atoms in total. The Morgan fingerprint density at radius 2 is 1.97 bits per heavy atom. The highest BCUT2D eigenvalue weighted by atomic mass is 16.6. The quantitative estimate of drug-likeness (QED) is 0.484. The first-order chi connectivity index (χ1) is 15.8. The van der Waals surface area contributed by atoms with Crippen molar-refractivity contribution in [2.75, 3.05) is 11.9 Å². The molecule has 0 spiro atoms. The Balaban J connectivity index is 1.53. The number of cyclic esters (lactones) is 1. The summed E-state index contributed by atoms with van der Waals surface area (Å²) in [5.74, 6) is 2.74. The fraction of sp³-hybridized carbons (Fsp3) is 0.462. The Labute approximate surface area is 194 Å². The maximum atomic E-state index is 12.4. The van der Waals surface area contributed by atoms with Crippen LogP contribution in [0.1, 0.15) is 80.9 Å². The second-order valence-electron chi connectivity index (χ2n) is 9.66. The maximum Gasteiger partial charge on any atom is 0.340 e. The number of fused-ring (bicyclic) bond motifs is 2. The van der Waals surface area contributed by atoms with E-state index in [4.69, 9.17) is 14.5 Å². The highest BCUT2D eigenvalue weighted by Gasteiger charge is 2.40. The van der Waals surface area contributed by atoms with Crippen LogP contribution in [0.3, 0.4) is 0 Å². The highest BCUT2D eigenvalue weighted by Crippen LogP contribution is 2.45. The van der Waals surface area contributed by atoms with E-state index in [9.17, 15) is 4.79 Å². The zero-order chi connectivity index (χ0) is 23.3. The number of esters is 1. The van der Waals surface area contributed by atoms with Crippen molar-refractivity contribution >= 4 is 28.4 Å². The molecule has 1 aliphatic carbocycles. The lowest BCUT2D eigenvalue weighted by Gasteiger charge is -2.36. The summed E-state index contributed by atoms with van der Waals surface area (Å²) in [5.41, 5.74) is 1.88. The molecule has 172 valence electrons. The molecule has 1 N–H and O–H groups in total. The standard InChI is InChI=1S/C26H30N4O3/c1-6-32-24-20-13-27-22(11-18(20)19(12-28-24)14(2)16-7-8-16)29-21-10-9-17-23(30-21)15(3)26(4,5)33-25(17)31/h9-16H,6-8H2,1-5H3,(H,27,29,30). The molecule has 5 rings (SSSR count). The van der Waals surface area contributed by atoms with Crippen LogP contribution >= 0.6 is 0 Å². The van der Waals surface area contributed by atoms with Crippen LogP contribution in [0.4, 0.5) is 11.6 Å². The number of carbonyl (C=O) groups is 1. The van der Waals surface area contributed by atoms with Crippen molar-refractivity contribution in [3.8, 4) is 5.88 Å². The summed E-state index contributed by atoms with van der Waals surface area (Å²) >= 11 is 0. The average molecular weight is 447 g/mol. The summed E-state index contributed by atoms with van der Waals surface area (Å²) in [6.45, 7) is 10.6. The molecule has 4 heterocycles. The van der Waals surface area contributed by atoms with E-state index in [1.165, 1.54) is 18.4 Å². The molecule has 1 saturated carbocycles. The summed E-state index contributed by atoms with van der Waals surface area (Å²) in [7, 11) is 0. The fourth-order valence-electron chi connectivity index (χ4n) is 4.55. The van der Waals surface area contributed by atoms with E-state index in [0.29, 0.717) is 41.5 Å². The number of aromatic nitrogens is 3. The predicted molar refractivity (Wildman–Crippen MR) is 127 cm³/mol. The van der Waals surface area contributed by atoms with Gasteiger partial charge in [0.05, 0.1) is 23.3 Å². The third-order valence-electron chi connectivity index (χ3n) is 7.08. The Kier molecular flexibility index (Phi) is 5.22. The van der Waals surface area contributed by atoms with Gasteiger partial charge in [0.15, 0.2) is 0 Å². The van der Waals surface area contributed by atoms with Crippen LogP contribution < -0.4 is 10.1 Å². The minimum atomic E-state index is -0.604. The molecule has 0 radical (unpaired) electrons. The average Bonchev–Trinajstić information content (AvgIpc) is 3.63. The van der Waals surface area contributed by atoms with Crippen LogP contribution in [0.5, 0.6) is 5.88 Å². The number of ether oxygens (including phenoxy) is 2. The van der Waals surface area contributed by atoms with Crippen molar-refractivity contribution in [1.29, 1.82) is 0 Å². The van der Waals surface area contributed by atoms with E-state index < -0.39 is 5.60 Å². The number of anilines is 2. The van der Waals surface area contributed by atoms with Crippen LogP contribution in [0, 0.1) is 5.92 Å². The Morgan fingerprint density at radius 3 is 2.70 bits per heavy atom. The van der Waals surface area contributed by atoms with Crippen molar-refractivity contribution in [1.82, 2.24) is 15.0 Å². The zero-order valence-corrected chi connectivity index (χ0v) is 19.8. The molecule has 1 aliphatic heterocycles. The lowest BCUT2D eigenvalue weighted by atomic mass is 9.84. The van der Waals surface area contributed by atoms with E-state index >= 15 is 0 Å². The molecular weight excluding hydrogens is 416 g/mol. The first kappa shape index (κ1) is 21.6. The molecule has 0 amide bonds. The lowest BCUT2D eigenvalue weighted by Crippen LogP contribution is -2.39. The SMILES string of the molecule is CCOc1ncc(C(C)C2CC2)c2cc(Nc3ccc4c(n3)C(C)C(C)(C)OC4=O)ncc12. The molecule has 3 aromatic rings. The minimum absolute atomic E-state index is 0.0256. The molecule has 2 aliphatic rings. The Hall–Kier alpha value is -3.22. The van der Waals surface area contributed by atoms with Gasteiger partial charge in [-0.1, -0.05) is 13.8 Å². The molecule has 0 bridgehead atoms. The van der Waals surface area contributed by atoms with E-state index in [-0.39, 0.29) is 11.9 Å². The predicted octanol–water partition coefficient (Wildman–Crippen LogP) is 5.73. The molecule has 33 heavy (non-hydrogen) atoms. The van der Waals surface area contributed by atoms with Gasteiger partial charge in [-0.05, 0) is 74.6 Å². The highest BCUT2D eigenvalue weighted by molar-refractivity contribution is 5.93. The number of hydrogen-bond acceptors (Lipinski definition) is 7. The van der Waals surface area contributed by atoms with Crippen molar-refractivity contribution < 1.29 is 14.3 Å². The molecule has 1 fully saturated rings. The Morgan fingerprint density at radius 1 is 1.18 bits per heavy atom. The monoisotopic (exact) mass is 446 g/mol. The number of nitrogens with zero attached hydrogens (tertiary/aromatic N) is 3. The topological polar surface area (TPSA) is 86.2 Å². The number of nitrogens with one attached hydrogen (secondary N) is 1. The summed E-state index contributed by atoms with van der Waals surface area (Å²) in [4.78, 5) is 26.4. The molecule has 7 heteroatoms. The van der Waals surface area contributed by atoms with Crippen molar-refractivity contribution in [2.24, 2.45) is 5.92 Å². The van der Waals surface area contributed by atoms with Crippen molar-refractivity contribution in [3.05, 3.63) is 47.4 Å². The molecule has 0 aromatic carbocycles. The number of carbonyl (C=O) groups excluding carboxylic acids is 1. The zero-order valence-electron chi connectivity index (χ0n) is 19.8. The molecule has 2 unspecified atom stereocenters. The van der Waals surface area contributed by atoms with E-state index in [1.807, 2.05) is 40.1 Å². The summed E-state index contributed by atoms with van der Waals surface area (Å²) in [6.07, 6.45) is 6.30. The smallest absolute Gasteiger partial charge is 0.340 e. The minimum Gasteiger partial charge on any atom is -0.477 e. The van der Waals surface area contributed by atoms with Gasteiger partial charge < -0.3 is 14.8 Å².